The summed E-state index contributed by atoms with van der Waals surface area (Å²) in [6.45, 7) is 5.15. The van der Waals surface area contributed by atoms with Gasteiger partial charge in [-0.3, -0.25) is 0 Å². The highest BCUT2D eigenvalue weighted by atomic mass is 19.4. The first-order valence-electron chi connectivity index (χ1n) is 4.62. The molecule has 0 saturated carbocycles. The van der Waals surface area contributed by atoms with Gasteiger partial charge in [0, 0.05) is 0 Å². The average Bonchev–Trinajstić information content (AvgIpc) is 2.02. The summed E-state index contributed by atoms with van der Waals surface area (Å²) in [5.41, 5.74) is 3.33. The minimum absolute atomic E-state index is 0.0174. The lowest BCUT2D eigenvalue weighted by molar-refractivity contribution is -0.191. The molecule has 0 spiro atoms. The van der Waals surface area contributed by atoms with Crippen molar-refractivity contribution in [2.75, 3.05) is 0 Å². The van der Waals surface area contributed by atoms with Gasteiger partial charge in [-0.05, 0) is 18.8 Å². The van der Waals surface area contributed by atoms with Crippen molar-refractivity contribution in [2.45, 2.75) is 51.7 Å². The Labute approximate surface area is 77.5 Å². The Kier molecular flexibility index (Phi) is 4.23. The molecule has 0 aromatic heterocycles. The third kappa shape index (κ3) is 3.18. The Morgan fingerprint density at radius 2 is 1.69 bits per heavy atom. The van der Waals surface area contributed by atoms with Crippen LogP contribution < -0.4 is 5.73 Å². The molecule has 1 nitrogen and oxygen atoms in total. The molecule has 0 aliphatic heterocycles. The zero-order chi connectivity index (χ0) is 10.7. The monoisotopic (exact) mass is 197 g/mol. The fourth-order valence-corrected chi connectivity index (χ4v) is 1.23. The normalized spacial score (nSPS) is 19.6. The van der Waals surface area contributed by atoms with E-state index in [9.17, 15) is 13.2 Å². The number of hydrogen-bond acceptors (Lipinski definition) is 1. The van der Waals surface area contributed by atoms with Crippen molar-refractivity contribution in [3.05, 3.63) is 0 Å². The maximum Gasteiger partial charge on any atom is 0.406 e. The van der Waals surface area contributed by atoms with E-state index in [1.54, 1.807) is 6.92 Å². The lowest BCUT2D eigenvalue weighted by Gasteiger charge is -2.32. The third-order valence-corrected chi connectivity index (χ3v) is 2.61. The van der Waals surface area contributed by atoms with E-state index in [1.807, 2.05) is 6.92 Å². The second-order valence-electron chi connectivity index (χ2n) is 3.72. The van der Waals surface area contributed by atoms with Crippen LogP contribution >= 0.6 is 0 Å². The van der Waals surface area contributed by atoms with Crippen LogP contribution in [0.3, 0.4) is 0 Å². The maximum absolute atomic E-state index is 12.5. The Balaban J connectivity index is 4.46. The van der Waals surface area contributed by atoms with Gasteiger partial charge in [-0.1, -0.05) is 27.2 Å². The van der Waals surface area contributed by atoms with E-state index in [0.717, 1.165) is 6.42 Å². The number of halogens is 3. The van der Waals surface area contributed by atoms with Crippen LogP contribution in [0.2, 0.25) is 0 Å². The summed E-state index contributed by atoms with van der Waals surface area (Å²) >= 11 is 0. The molecule has 0 aromatic rings. The minimum Gasteiger partial charge on any atom is -0.318 e. The molecule has 2 N–H and O–H groups in total. The predicted octanol–water partition coefficient (Wildman–Crippen LogP) is 3.09. The summed E-state index contributed by atoms with van der Waals surface area (Å²) in [7, 11) is 0. The summed E-state index contributed by atoms with van der Waals surface area (Å²) in [5, 5.41) is 0. The van der Waals surface area contributed by atoms with E-state index in [4.69, 9.17) is 5.73 Å². The summed E-state index contributed by atoms with van der Waals surface area (Å²) in [5.74, 6) is 0.0200. The van der Waals surface area contributed by atoms with Crippen LogP contribution in [-0.4, -0.2) is 11.7 Å². The van der Waals surface area contributed by atoms with Crippen LogP contribution in [0, 0.1) is 5.92 Å². The highest BCUT2D eigenvalue weighted by Crippen LogP contribution is 2.36. The molecule has 2 atom stereocenters. The minimum atomic E-state index is -4.29. The molecule has 2 unspecified atom stereocenters. The van der Waals surface area contributed by atoms with E-state index < -0.39 is 11.7 Å². The molecule has 0 bridgehead atoms. The number of nitrogens with two attached hydrogens (primary N) is 1. The van der Waals surface area contributed by atoms with E-state index in [2.05, 4.69) is 0 Å². The largest absolute Gasteiger partial charge is 0.406 e. The zero-order valence-corrected chi connectivity index (χ0v) is 8.41. The van der Waals surface area contributed by atoms with Crippen LogP contribution in [0.5, 0.6) is 0 Å². The van der Waals surface area contributed by atoms with Crippen molar-refractivity contribution in [3.8, 4) is 0 Å². The van der Waals surface area contributed by atoms with Gasteiger partial charge in [-0.2, -0.15) is 13.2 Å². The first-order chi connectivity index (χ1) is 5.77. The van der Waals surface area contributed by atoms with Crippen molar-refractivity contribution >= 4 is 0 Å². The molecule has 4 heteroatoms. The first kappa shape index (κ1) is 12.8. The Bertz CT molecular complexity index is 155. The van der Waals surface area contributed by atoms with Crippen LogP contribution in [-0.2, 0) is 0 Å². The molecular formula is C9H18F3N. The van der Waals surface area contributed by atoms with Gasteiger partial charge >= 0.3 is 6.18 Å². The summed E-state index contributed by atoms with van der Waals surface area (Å²) in [6, 6.07) is 0. The number of rotatable bonds is 4. The maximum atomic E-state index is 12.5. The summed E-state index contributed by atoms with van der Waals surface area (Å²) in [6.07, 6.45) is -3.59. The molecule has 0 fully saturated rings. The van der Waals surface area contributed by atoms with Gasteiger partial charge in [-0.15, -0.1) is 0 Å². The Morgan fingerprint density at radius 3 is 1.92 bits per heavy atom. The average molecular weight is 197 g/mol. The molecule has 0 aromatic carbocycles. The lowest BCUT2D eigenvalue weighted by atomic mass is 9.85. The second kappa shape index (κ2) is 4.31. The molecule has 0 heterocycles. The van der Waals surface area contributed by atoms with Gasteiger partial charge in [0.2, 0.25) is 0 Å². The summed E-state index contributed by atoms with van der Waals surface area (Å²) in [4.78, 5) is 0. The van der Waals surface area contributed by atoms with Crippen LogP contribution in [0.25, 0.3) is 0 Å². The van der Waals surface area contributed by atoms with E-state index in [1.165, 1.54) is 6.92 Å². The molecule has 0 amide bonds. The van der Waals surface area contributed by atoms with Crippen LogP contribution in [0.15, 0.2) is 0 Å². The highest BCUT2D eigenvalue weighted by Gasteiger charge is 2.50. The van der Waals surface area contributed by atoms with Gasteiger partial charge in [0.1, 0.15) is 5.54 Å². The van der Waals surface area contributed by atoms with Gasteiger partial charge in [0.25, 0.3) is 0 Å². The molecule has 80 valence electrons. The van der Waals surface area contributed by atoms with Gasteiger partial charge in [0.05, 0.1) is 0 Å². The molecule has 0 aliphatic rings. The van der Waals surface area contributed by atoms with Gasteiger partial charge in [0.15, 0.2) is 0 Å². The molecule has 0 saturated heterocycles. The second-order valence-corrected chi connectivity index (χ2v) is 3.72. The summed E-state index contributed by atoms with van der Waals surface area (Å²) < 4.78 is 37.4. The zero-order valence-electron chi connectivity index (χ0n) is 8.41. The molecule has 13 heavy (non-hydrogen) atoms. The quantitative estimate of drug-likeness (QED) is 0.736. The Morgan fingerprint density at radius 1 is 1.23 bits per heavy atom. The van der Waals surface area contributed by atoms with Crippen LogP contribution in [0.1, 0.15) is 40.0 Å². The van der Waals surface area contributed by atoms with Crippen molar-refractivity contribution in [3.63, 3.8) is 0 Å². The molecular weight excluding hydrogens is 179 g/mol. The van der Waals surface area contributed by atoms with E-state index >= 15 is 0 Å². The van der Waals surface area contributed by atoms with Crippen molar-refractivity contribution < 1.29 is 13.2 Å². The lowest BCUT2D eigenvalue weighted by Crippen LogP contribution is -2.53. The van der Waals surface area contributed by atoms with Gasteiger partial charge < -0.3 is 5.73 Å². The fourth-order valence-electron chi connectivity index (χ4n) is 1.23. The first-order valence-corrected chi connectivity index (χ1v) is 4.62. The SMILES string of the molecule is CCC(C)CC(N)(CC)C(F)(F)F. The fraction of sp³-hybridized carbons (Fsp3) is 1.00. The third-order valence-electron chi connectivity index (χ3n) is 2.61. The topological polar surface area (TPSA) is 26.0 Å². The Hall–Kier alpha value is -0.250. The van der Waals surface area contributed by atoms with Crippen molar-refractivity contribution in [1.82, 2.24) is 0 Å². The van der Waals surface area contributed by atoms with Gasteiger partial charge in [-0.25, -0.2) is 0 Å². The van der Waals surface area contributed by atoms with Crippen molar-refractivity contribution in [1.29, 1.82) is 0 Å². The number of hydrogen-bond donors (Lipinski definition) is 1. The van der Waals surface area contributed by atoms with E-state index in [-0.39, 0.29) is 18.8 Å². The molecule has 0 rings (SSSR count). The predicted molar refractivity (Wildman–Crippen MR) is 47.3 cm³/mol. The number of alkyl halides is 3. The molecule has 0 aliphatic carbocycles. The van der Waals surface area contributed by atoms with Crippen LogP contribution in [0.4, 0.5) is 13.2 Å². The highest BCUT2D eigenvalue weighted by molar-refractivity contribution is 4.91. The molecule has 0 radical (unpaired) electrons. The standard InChI is InChI=1S/C9H18F3N/c1-4-7(3)6-8(13,5-2)9(10,11)12/h7H,4-6,13H2,1-3H3. The smallest absolute Gasteiger partial charge is 0.318 e. The van der Waals surface area contributed by atoms with Crippen molar-refractivity contribution in [2.24, 2.45) is 11.7 Å². The van der Waals surface area contributed by atoms with E-state index in [0.29, 0.717) is 0 Å².